The molecule has 6 heteroatoms. The zero-order valence-electron chi connectivity index (χ0n) is 9.80. The van der Waals surface area contributed by atoms with Crippen molar-refractivity contribution in [3.8, 4) is 0 Å². The second-order valence-electron chi connectivity index (χ2n) is 4.07. The highest BCUT2D eigenvalue weighted by atomic mass is 35.5. The van der Waals surface area contributed by atoms with E-state index in [1.54, 1.807) is 18.1 Å². The molecule has 94 valence electrons. The van der Waals surface area contributed by atoms with Gasteiger partial charge in [-0.3, -0.25) is 9.78 Å². The Morgan fingerprint density at radius 3 is 3.00 bits per heavy atom. The maximum absolute atomic E-state index is 11.9. The first-order valence-corrected chi connectivity index (χ1v) is 5.52. The van der Waals surface area contributed by atoms with E-state index >= 15 is 0 Å². The van der Waals surface area contributed by atoms with E-state index in [0.717, 1.165) is 19.5 Å². The molecule has 2 heterocycles. The van der Waals surface area contributed by atoms with E-state index in [4.69, 9.17) is 0 Å². The van der Waals surface area contributed by atoms with Crippen molar-refractivity contribution in [1.82, 2.24) is 20.2 Å². The average molecular weight is 257 g/mol. The van der Waals surface area contributed by atoms with Gasteiger partial charge in [-0.2, -0.15) is 0 Å². The summed E-state index contributed by atoms with van der Waals surface area (Å²) in [4.78, 5) is 21.5. The Labute approximate surface area is 107 Å². The fraction of sp³-hybridized carbons (Fsp3) is 0.545. The highest BCUT2D eigenvalue weighted by Crippen LogP contribution is 2.07. The van der Waals surface area contributed by atoms with Gasteiger partial charge in [0, 0.05) is 32.0 Å². The van der Waals surface area contributed by atoms with Gasteiger partial charge in [0.2, 0.25) is 0 Å². The zero-order chi connectivity index (χ0) is 11.4. The Morgan fingerprint density at radius 1 is 1.59 bits per heavy atom. The third kappa shape index (κ3) is 3.64. The SMILES string of the molecule is CN(CC1CCCN1)C(=O)c1cnccn1.Cl. The number of aromatic nitrogens is 2. The van der Waals surface area contributed by atoms with Crippen LogP contribution in [0.3, 0.4) is 0 Å². The molecule has 1 saturated heterocycles. The van der Waals surface area contributed by atoms with Crippen LogP contribution in [0.25, 0.3) is 0 Å². The monoisotopic (exact) mass is 256 g/mol. The molecule has 1 unspecified atom stereocenters. The van der Waals surface area contributed by atoms with E-state index in [-0.39, 0.29) is 18.3 Å². The summed E-state index contributed by atoms with van der Waals surface area (Å²) in [5, 5.41) is 3.36. The van der Waals surface area contributed by atoms with Gasteiger partial charge in [-0.25, -0.2) is 4.98 Å². The molecular formula is C11H17ClN4O. The summed E-state index contributed by atoms with van der Waals surface area (Å²) in [7, 11) is 1.80. The third-order valence-corrected chi connectivity index (χ3v) is 2.79. The molecule has 1 aromatic rings. The minimum atomic E-state index is -0.0678. The van der Waals surface area contributed by atoms with Crippen LogP contribution in [0.2, 0.25) is 0 Å². The van der Waals surface area contributed by atoms with Crippen molar-refractivity contribution in [2.75, 3.05) is 20.1 Å². The highest BCUT2D eigenvalue weighted by molar-refractivity contribution is 5.91. The van der Waals surface area contributed by atoms with Crippen LogP contribution in [0.5, 0.6) is 0 Å². The Kier molecular flexibility index (Phi) is 5.31. The number of rotatable bonds is 3. The number of nitrogens with zero attached hydrogens (tertiary/aromatic N) is 3. The molecule has 1 aliphatic rings. The van der Waals surface area contributed by atoms with Gasteiger partial charge >= 0.3 is 0 Å². The lowest BCUT2D eigenvalue weighted by Crippen LogP contribution is -2.38. The van der Waals surface area contributed by atoms with E-state index in [0.29, 0.717) is 11.7 Å². The zero-order valence-corrected chi connectivity index (χ0v) is 10.6. The van der Waals surface area contributed by atoms with Crippen molar-refractivity contribution in [3.05, 3.63) is 24.3 Å². The van der Waals surface area contributed by atoms with Crippen LogP contribution >= 0.6 is 12.4 Å². The maximum atomic E-state index is 11.9. The molecule has 0 aromatic carbocycles. The van der Waals surface area contributed by atoms with Gasteiger partial charge in [-0.05, 0) is 19.4 Å². The molecule has 0 saturated carbocycles. The predicted molar refractivity (Wildman–Crippen MR) is 67.3 cm³/mol. The smallest absolute Gasteiger partial charge is 0.273 e. The maximum Gasteiger partial charge on any atom is 0.273 e. The molecular weight excluding hydrogens is 240 g/mol. The normalized spacial score (nSPS) is 18.5. The molecule has 1 aromatic heterocycles. The second kappa shape index (κ2) is 6.51. The number of nitrogens with one attached hydrogen (secondary N) is 1. The molecule has 1 amide bonds. The van der Waals surface area contributed by atoms with E-state index in [9.17, 15) is 4.79 Å². The lowest BCUT2D eigenvalue weighted by atomic mass is 10.2. The number of amides is 1. The summed E-state index contributed by atoms with van der Waals surface area (Å²) in [5.41, 5.74) is 0.406. The van der Waals surface area contributed by atoms with Gasteiger partial charge in [0.25, 0.3) is 5.91 Å². The van der Waals surface area contributed by atoms with Crippen LogP contribution < -0.4 is 5.32 Å². The van der Waals surface area contributed by atoms with Crippen LogP contribution in [0.1, 0.15) is 23.3 Å². The molecule has 0 bridgehead atoms. The summed E-state index contributed by atoms with van der Waals surface area (Å²) in [6, 6.07) is 0.422. The number of hydrogen-bond acceptors (Lipinski definition) is 4. The Hall–Kier alpha value is -1.20. The molecule has 17 heavy (non-hydrogen) atoms. The first-order chi connectivity index (χ1) is 7.77. The van der Waals surface area contributed by atoms with Gasteiger partial charge in [0.15, 0.2) is 0 Å². The van der Waals surface area contributed by atoms with Crippen molar-refractivity contribution < 1.29 is 4.79 Å². The van der Waals surface area contributed by atoms with Gasteiger partial charge in [0.1, 0.15) is 5.69 Å². The lowest BCUT2D eigenvalue weighted by molar-refractivity contribution is 0.0777. The van der Waals surface area contributed by atoms with Crippen molar-refractivity contribution in [3.63, 3.8) is 0 Å². The molecule has 5 nitrogen and oxygen atoms in total. The van der Waals surface area contributed by atoms with E-state index in [1.807, 2.05) is 0 Å². The number of likely N-dealkylation sites (N-methyl/N-ethyl adjacent to an activating group) is 1. The van der Waals surface area contributed by atoms with Gasteiger partial charge < -0.3 is 10.2 Å². The Bertz CT molecular complexity index is 354. The van der Waals surface area contributed by atoms with Crippen LogP contribution in [-0.2, 0) is 0 Å². The van der Waals surface area contributed by atoms with E-state index in [2.05, 4.69) is 15.3 Å². The topological polar surface area (TPSA) is 58.1 Å². The van der Waals surface area contributed by atoms with Gasteiger partial charge in [0.05, 0.1) is 6.20 Å². The molecule has 1 fully saturated rings. The van der Waals surface area contributed by atoms with Crippen molar-refractivity contribution in [2.45, 2.75) is 18.9 Å². The third-order valence-electron chi connectivity index (χ3n) is 2.79. The van der Waals surface area contributed by atoms with Crippen LogP contribution in [0, 0.1) is 0 Å². The van der Waals surface area contributed by atoms with Crippen molar-refractivity contribution in [1.29, 1.82) is 0 Å². The minimum Gasteiger partial charge on any atom is -0.339 e. The fourth-order valence-corrected chi connectivity index (χ4v) is 1.93. The largest absolute Gasteiger partial charge is 0.339 e. The fourth-order valence-electron chi connectivity index (χ4n) is 1.93. The second-order valence-corrected chi connectivity index (χ2v) is 4.07. The molecule has 1 aliphatic heterocycles. The summed E-state index contributed by atoms with van der Waals surface area (Å²) >= 11 is 0. The van der Waals surface area contributed by atoms with Crippen molar-refractivity contribution in [2.24, 2.45) is 0 Å². The molecule has 1 atom stereocenters. The molecule has 2 rings (SSSR count). The van der Waals surface area contributed by atoms with E-state index in [1.165, 1.54) is 18.8 Å². The average Bonchev–Trinajstić information content (AvgIpc) is 2.82. The van der Waals surface area contributed by atoms with E-state index < -0.39 is 0 Å². The minimum absolute atomic E-state index is 0. The lowest BCUT2D eigenvalue weighted by Gasteiger charge is -2.20. The molecule has 0 spiro atoms. The molecule has 0 aliphatic carbocycles. The summed E-state index contributed by atoms with van der Waals surface area (Å²) in [6.45, 7) is 1.78. The Balaban J connectivity index is 0.00000144. The quantitative estimate of drug-likeness (QED) is 0.866. The summed E-state index contributed by atoms with van der Waals surface area (Å²) < 4.78 is 0. The number of carbonyl (C=O) groups excluding carboxylic acids is 1. The van der Waals surface area contributed by atoms with Crippen LogP contribution in [0.4, 0.5) is 0 Å². The van der Waals surface area contributed by atoms with Crippen LogP contribution in [-0.4, -0.2) is 47.0 Å². The first kappa shape index (κ1) is 13.9. The predicted octanol–water partition coefficient (Wildman–Crippen LogP) is 0.722. The number of halogens is 1. The number of carbonyl (C=O) groups is 1. The van der Waals surface area contributed by atoms with Gasteiger partial charge in [-0.15, -0.1) is 12.4 Å². The number of hydrogen-bond donors (Lipinski definition) is 1. The summed E-state index contributed by atoms with van der Waals surface area (Å²) in [6.07, 6.45) is 6.93. The summed E-state index contributed by atoms with van der Waals surface area (Å²) in [5.74, 6) is -0.0678. The highest BCUT2D eigenvalue weighted by Gasteiger charge is 2.20. The van der Waals surface area contributed by atoms with Crippen molar-refractivity contribution >= 4 is 18.3 Å². The van der Waals surface area contributed by atoms with Gasteiger partial charge in [-0.1, -0.05) is 0 Å². The molecule has 1 N–H and O–H groups in total. The first-order valence-electron chi connectivity index (χ1n) is 5.52. The molecule has 0 radical (unpaired) electrons. The van der Waals surface area contributed by atoms with Crippen LogP contribution in [0.15, 0.2) is 18.6 Å². The standard InChI is InChI=1S/C11H16N4O.ClH/c1-15(8-9-3-2-4-13-9)11(16)10-7-12-5-6-14-10;/h5-7,9,13H,2-4,8H2,1H3;1H. The Morgan fingerprint density at radius 2 is 2.41 bits per heavy atom.